The van der Waals surface area contributed by atoms with Gasteiger partial charge < -0.3 is 14.8 Å². The number of aromatic nitrogens is 2. The predicted molar refractivity (Wildman–Crippen MR) is 103 cm³/mol. The van der Waals surface area contributed by atoms with Crippen LogP contribution in [0.2, 0.25) is 5.02 Å². The average molecular weight is 460 g/mol. The van der Waals surface area contributed by atoms with Gasteiger partial charge in [0.25, 0.3) is 5.91 Å². The van der Waals surface area contributed by atoms with Crippen LogP contribution in [0.15, 0.2) is 41.8 Å². The van der Waals surface area contributed by atoms with E-state index < -0.39 is 30.4 Å². The van der Waals surface area contributed by atoms with E-state index in [1.807, 2.05) is 0 Å². The van der Waals surface area contributed by atoms with Crippen molar-refractivity contribution in [2.45, 2.75) is 6.18 Å². The Hall–Kier alpha value is -3.05. The van der Waals surface area contributed by atoms with E-state index in [9.17, 15) is 22.8 Å². The van der Waals surface area contributed by atoms with Crippen molar-refractivity contribution >= 4 is 39.8 Å². The molecule has 30 heavy (non-hydrogen) atoms. The van der Waals surface area contributed by atoms with E-state index in [0.717, 1.165) is 16.0 Å². The number of hydrogen-bond acceptors (Lipinski definition) is 6. The van der Waals surface area contributed by atoms with Gasteiger partial charge in [-0.3, -0.25) is 4.79 Å². The number of rotatable bonds is 6. The number of para-hydroxylation sites is 1. The van der Waals surface area contributed by atoms with E-state index in [-0.39, 0.29) is 27.2 Å². The van der Waals surface area contributed by atoms with Crippen molar-refractivity contribution in [2.75, 3.05) is 19.0 Å². The lowest BCUT2D eigenvalue weighted by Gasteiger charge is -2.10. The van der Waals surface area contributed by atoms with Crippen molar-refractivity contribution in [3.63, 3.8) is 0 Å². The molecule has 12 heteroatoms. The molecule has 0 aliphatic carbocycles. The quantitative estimate of drug-likeness (QED) is 0.552. The number of benzene rings is 1. The molecule has 2 heterocycles. The van der Waals surface area contributed by atoms with Crippen molar-refractivity contribution in [1.82, 2.24) is 9.78 Å². The van der Waals surface area contributed by atoms with E-state index in [0.29, 0.717) is 6.07 Å². The number of esters is 1. The normalized spacial score (nSPS) is 11.2. The molecule has 3 aromatic rings. The summed E-state index contributed by atoms with van der Waals surface area (Å²) in [4.78, 5) is 23.9. The van der Waals surface area contributed by atoms with E-state index in [1.54, 1.807) is 17.5 Å². The Morgan fingerprint density at radius 2 is 2.00 bits per heavy atom. The molecule has 0 fully saturated rings. The maximum absolute atomic E-state index is 13.1. The standard InChI is InChI=1S/C18H13ClF3N3O4S/c1-28-17(27)10-6-7-30-16(10)23-14(26)9-29-15-8-13(18(20,21)22)24-25(15)12-5-3-2-4-11(12)19/h2-8H,9H2,1H3,(H,23,26). The Kier molecular flexibility index (Phi) is 6.32. The molecule has 7 nitrogen and oxygen atoms in total. The summed E-state index contributed by atoms with van der Waals surface area (Å²) in [6, 6.07) is 8.24. The van der Waals surface area contributed by atoms with Crippen LogP contribution in [0.4, 0.5) is 18.2 Å². The van der Waals surface area contributed by atoms with Gasteiger partial charge >= 0.3 is 12.1 Å². The Morgan fingerprint density at radius 3 is 2.67 bits per heavy atom. The number of halogens is 4. The Bertz CT molecular complexity index is 1080. The van der Waals surface area contributed by atoms with Gasteiger partial charge in [0.1, 0.15) is 5.00 Å². The van der Waals surface area contributed by atoms with Crippen LogP contribution in [0, 0.1) is 0 Å². The molecular weight excluding hydrogens is 447 g/mol. The van der Waals surface area contributed by atoms with Crippen molar-refractivity contribution in [2.24, 2.45) is 0 Å². The molecule has 1 aromatic carbocycles. The van der Waals surface area contributed by atoms with Gasteiger partial charge in [0.05, 0.1) is 23.4 Å². The highest BCUT2D eigenvalue weighted by atomic mass is 35.5. The Labute approximate surface area is 177 Å². The van der Waals surface area contributed by atoms with Crippen LogP contribution in [-0.2, 0) is 15.7 Å². The lowest BCUT2D eigenvalue weighted by atomic mass is 10.3. The summed E-state index contributed by atoms with van der Waals surface area (Å²) >= 11 is 7.13. The van der Waals surface area contributed by atoms with Crippen molar-refractivity contribution < 1.29 is 32.2 Å². The number of nitrogens with one attached hydrogen (secondary N) is 1. The third-order valence-corrected chi connectivity index (χ3v) is 4.87. The molecule has 0 bridgehead atoms. The summed E-state index contributed by atoms with van der Waals surface area (Å²) in [5.41, 5.74) is -0.906. The number of thiophene rings is 1. The second-order valence-corrected chi connectivity index (χ2v) is 7.04. The molecule has 3 rings (SSSR count). The van der Waals surface area contributed by atoms with E-state index in [2.05, 4.69) is 15.2 Å². The molecule has 0 aliphatic heterocycles. The third kappa shape index (κ3) is 4.74. The first kappa shape index (κ1) is 21.7. The maximum atomic E-state index is 13.1. The van der Waals surface area contributed by atoms with Crippen LogP contribution in [0.3, 0.4) is 0 Å². The molecule has 0 saturated carbocycles. The molecule has 1 amide bonds. The van der Waals surface area contributed by atoms with Crippen LogP contribution in [0.25, 0.3) is 5.69 Å². The zero-order chi connectivity index (χ0) is 21.9. The van der Waals surface area contributed by atoms with Gasteiger partial charge in [-0.2, -0.15) is 23.0 Å². The van der Waals surface area contributed by atoms with Gasteiger partial charge in [-0.15, -0.1) is 11.3 Å². The molecule has 1 N–H and O–H groups in total. The van der Waals surface area contributed by atoms with E-state index >= 15 is 0 Å². The van der Waals surface area contributed by atoms with Crippen molar-refractivity contribution in [3.8, 4) is 11.6 Å². The number of carbonyl (C=O) groups is 2. The van der Waals surface area contributed by atoms with Gasteiger partial charge in [-0.05, 0) is 23.6 Å². The van der Waals surface area contributed by atoms with Gasteiger partial charge in [0, 0.05) is 6.07 Å². The number of hydrogen-bond donors (Lipinski definition) is 1. The Balaban J connectivity index is 1.80. The summed E-state index contributed by atoms with van der Waals surface area (Å²) in [5.74, 6) is -1.66. The lowest BCUT2D eigenvalue weighted by molar-refractivity contribution is -0.141. The number of alkyl halides is 3. The zero-order valence-electron chi connectivity index (χ0n) is 15.2. The lowest BCUT2D eigenvalue weighted by Crippen LogP contribution is -2.21. The molecule has 0 saturated heterocycles. The molecule has 0 aliphatic rings. The fraction of sp³-hybridized carbons (Fsp3) is 0.167. The minimum Gasteiger partial charge on any atom is -0.467 e. The summed E-state index contributed by atoms with van der Waals surface area (Å²) in [6.45, 7) is -0.633. The summed E-state index contributed by atoms with van der Waals surface area (Å²) < 4.78 is 50.1. The second kappa shape index (κ2) is 8.76. The summed E-state index contributed by atoms with van der Waals surface area (Å²) in [7, 11) is 1.20. The van der Waals surface area contributed by atoms with Gasteiger partial charge in [-0.1, -0.05) is 23.7 Å². The number of ether oxygens (including phenoxy) is 2. The molecule has 0 spiro atoms. The maximum Gasteiger partial charge on any atom is 0.435 e. The van der Waals surface area contributed by atoms with Crippen molar-refractivity contribution in [3.05, 3.63) is 58.1 Å². The molecule has 0 radical (unpaired) electrons. The molecule has 0 atom stereocenters. The van der Waals surface area contributed by atoms with Crippen LogP contribution in [0.5, 0.6) is 5.88 Å². The number of amides is 1. The largest absolute Gasteiger partial charge is 0.467 e. The first-order valence-corrected chi connectivity index (χ1v) is 9.47. The van der Waals surface area contributed by atoms with Crippen LogP contribution >= 0.6 is 22.9 Å². The predicted octanol–water partition coefficient (Wildman–Crippen LogP) is 4.41. The first-order chi connectivity index (χ1) is 14.2. The highest BCUT2D eigenvalue weighted by molar-refractivity contribution is 7.14. The molecular formula is C18H13ClF3N3O4S. The smallest absolute Gasteiger partial charge is 0.435 e. The Morgan fingerprint density at radius 1 is 1.27 bits per heavy atom. The number of anilines is 1. The SMILES string of the molecule is COC(=O)c1ccsc1NC(=O)COc1cc(C(F)(F)F)nn1-c1ccccc1Cl. The zero-order valence-corrected chi connectivity index (χ0v) is 16.8. The third-order valence-electron chi connectivity index (χ3n) is 3.72. The topological polar surface area (TPSA) is 82.4 Å². The first-order valence-electron chi connectivity index (χ1n) is 8.21. The molecule has 0 unspecified atom stereocenters. The highest BCUT2D eigenvalue weighted by Crippen LogP contribution is 2.33. The molecule has 2 aromatic heterocycles. The number of methoxy groups -OCH3 is 1. The fourth-order valence-corrected chi connectivity index (χ4v) is 3.39. The highest BCUT2D eigenvalue weighted by Gasteiger charge is 2.36. The van der Waals surface area contributed by atoms with Crippen LogP contribution < -0.4 is 10.1 Å². The summed E-state index contributed by atoms with van der Waals surface area (Å²) in [6.07, 6.45) is -4.72. The average Bonchev–Trinajstić information content (AvgIpc) is 3.33. The van der Waals surface area contributed by atoms with Gasteiger partial charge in [-0.25, -0.2) is 4.79 Å². The van der Waals surface area contributed by atoms with Crippen molar-refractivity contribution in [1.29, 1.82) is 0 Å². The summed E-state index contributed by atoms with van der Waals surface area (Å²) in [5, 5.41) is 7.91. The minimum absolute atomic E-state index is 0.143. The minimum atomic E-state index is -4.72. The monoisotopic (exact) mass is 459 g/mol. The van der Waals surface area contributed by atoms with Crippen LogP contribution in [0.1, 0.15) is 16.1 Å². The van der Waals surface area contributed by atoms with Crippen LogP contribution in [-0.4, -0.2) is 35.4 Å². The fourth-order valence-electron chi connectivity index (χ4n) is 2.38. The van der Waals surface area contributed by atoms with E-state index in [4.69, 9.17) is 16.3 Å². The second-order valence-electron chi connectivity index (χ2n) is 5.72. The van der Waals surface area contributed by atoms with Gasteiger partial charge in [0.2, 0.25) is 5.88 Å². The number of nitrogens with zero attached hydrogens (tertiary/aromatic N) is 2. The van der Waals surface area contributed by atoms with E-state index in [1.165, 1.54) is 25.3 Å². The number of carbonyl (C=O) groups excluding carboxylic acids is 2. The van der Waals surface area contributed by atoms with Gasteiger partial charge in [0.15, 0.2) is 12.3 Å². The molecule has 158 valence electrons.